The van der Waals surface area contributed by atoms with Gasteiger partial charge in [0, 0.05) is 11.0 Å². The molecule has 0 amide bonds. The minimum Gasteiger partial charge on any atom is -0.507 e. The van der Waals surface area contributed by atoms with Gasteiger partial charge in [-0.2, -0.15) is 0 Å². The van der Waals surface area contributed by atoms with E-state index in [9.17, 15) is 15.0 Å². The van der Waals surface area contributed by atoms with Crippen LogP contribution in [0.3, 0.4) is 0 Å². The molecule has 2 N–H and O–H groups in total. The maximum atomic E-state index is 11.9. The summed E-state index contributed by atoms with van der Waals surface area (Å²) in [6.45, 7) is 10.7. The number of carboxylic acid groups (broad SMARTS) is 1. The topological polar surface area (TPSA) is 66.8 Å². The van der Waals surface area contributed by atoms with Crippen LogP contribution in [0.5, 0.6) is 11.5 Å². The molecule has 1 aliphatic carbocycles. The molecule has 1 saturated carbocycles. The maximum absolute atomic E-state index is 11.9. The van der Waals surface area contributed by atoms with E-state index in [1.807, 2.05) is 6.07 Å². The van der Waals surface area contributed by atoms with Crippen LogP contribution >= 0.6 is 0 Å². The number of aromatic hydroxyl groups is 1. The molecule has 1 aliphatic heterocycles. The van der Waals surface area contributed by atoms with Gasteiger partial charge >= 0.3 is 5.97 Å². The number of rotatable bonds is 5. The largest absolute Gasteiger partial charge is 0.507 e. The molecule has 4 heteroatoms. The molecule has 0 aromatic heterocycles. The molecular formula is C22H32O4. The molecule has 1 heterocycles. The summed E-state index contributed by atoms with van der Waals surface area (Å²) in [6.07, 6.45) is 5.70. The van der Waals surface area contributed by atoms with E-state index >= 15 is 0 Å². The van der Waals surface area contributed by atoms with Gasteiger partial charge in [0.15, 0.2) is 0 Å². The molecule has 2 aliphatic rings. The molecule has 26 heavy (non-hydrogen) atoms. The molecule has 1 fully saturated rings. The van der Waals surface area contributed by atoms with Gasteiger partial charge in [-0.05, 0) is 56.1 Å². The van der Waals surface area contributed by atoms with Gasteiger partial charge < -0.3 is 14.9 Å². The second-order valence-electron chi connectivity index (χ2n) is 8.96. The van der Waals surface area contributed by atoms with Gasteiger partial charge in [0.25, 0.3) is 0 Å². The van der Waals surface area contributed by atoms with E-state index in [4.69, 9.17) is 4.74 Å². The third-order valence-electron chi connectivity index (χ3n) is 7.04. The van der Waals surface area contributed by atoms with E-state index in [1.165, 1.54) is 0 Å². The average molecular weight is 360 g/mol. The highest BCUT2D eigenvalue weighted by Gasteiger charge is 2.54. The van der Waals surface area contributed by atoms with Crippen LogP contribution in [0.2, 0.25) is 0 Å². The first-order valence-corrected chi connectivity index (χ1v) is 9.95. The number of phenols is 1. The second kappa shape index (κ2) is 6.47. The Morgan fingerprint density at radius 3 is 2.62 bits per heavy atom. The maximum Gasteiger partial charge on any atom is 0.339 e. The Morgan fingerprint density at radius 2 is 2.00 bits per heavy atom. The predicted octanol–water partition coefficient (Wildman–Crippen LogP) is 5.30. The first kappa shape index (κ1) is 19.1. The summed E-state index contributed by atoms with van der Waals surface area (Å²) in [7, 11) is 0. The summed E-state index contributed by atoms with van der Waals surface area (Å²) in [6, 6.07) is 1.90. The Balaban J connectivity index is 2.19. The van der Waals surface area contributed by atoms with E-state index in [-0.39, 0.29) is 22.3 Å². The Hall–Kier alpha value is -1.71. The van der Waals surface area contributed by atoms with E-state index in [0.29, 0.717) is 35.1 Å². The van der Waals surface area contributed by atoms with E-state index < -0.39 is 5.97 Å². The summed E-state index contributed by atoms with van der Waals surface area (Å²) in [5.41, 5.74) is 0.832. The number of hydrogen-bond donors (Lipinski definition) is 2. The number of aromatic carboxylic acids is 1. The smallest absolute Gasteiger partial charge is 0.339 e. The zero-order valence-electron chi connectivity index (χ0n) is 16.7. The Labute approximate surface area is 156 Å². The number of ether oxygens (including phenoxy) is 1. The minimum absolute atomic E-state index is 0.0621. The fourth-order valence-corrected chi connectivity index (χ4v) is 5.31. The zero-order chi connectivity index (χ0) is 19.3. The third kappa shape index (κ3) is 2.78. The van der Waals surface area contributed by atoms with Gasteiger partial charge in [-0.1, -0.05) is 40.5 Å². The van der Waals surface area contributed by atoms with Crippen molar-refractivity contribution in [3.05, 3.63) is 22.8 Å². The summed E-state index contributed by atoms with van der Waals surface area (Å²) < 4.78 is 6.49. The van der Waals surface area contributed by atoms with Crippen LogP contribution in [0.1, 0.15) is 88.2 Å². The lowest BCUT2D eigenvalue weighted by atomic mass is 9.68. The standard InChI is InChI=1S/C22H32O4/c1-6-7-8-9-14-12-16-18(19(23)17(14)20(24)25)21(3,4)15-10-11-22(5,26-16)13(15)2/h12-13,15,23H,6-11H2,1-5H3,(H,24,25)/t13-,15?,22+/m0/s1. The number of hydrogen-bond acceptors (Lipinski definition) is 3. The molecule has 3 rings (SSSR count). The zero-order valence-corrected chi connectivity index (χ0v) is 16.7. The van der Waals surface area contributed by atoms with Crippen LogP contribution in [0.15, 0.2) is 6.07 Å². The molecular weight excluding hydrogens is 328 g/mol. The first-order valence-electron chi connectivity index (χ1n) is 9.95. The number of carbonyl (C=O) groups is 1. The lowest BCUT2D eigenvalue weighted by Gasteiger charge is -2.35. The van der Waals surface area contributed by atoms with Gasteiger partial charge in [-0.15, -0.1) is 0 Å². The summed E-state index contributed by atoms with van der Waals surface area (Å²) >= 11 is 0. The summed E-state index contributed by atoms with van der Waals surface area (Å²) in [5, 5.41) is 20.8. The fourth-order valence-electron chi connectivity index (χ4n) is 5.31. The van der Waals surface area contributed by atoms with Crippen molar-refractivity contribution in [3.63, 3.8) is 0 Å². The number of benzene rings is 1. The van der Waals surface area contributed by atoms with Crippen LogP contribution in [0.4, 0.5) is 0 Å². The molecule has 144 valence electrons. The monoisotopic (exact) mass is 360 g/mol. The highest BCUT2D eigenvalue weighted by atomic mass is 16.5. The van der Waals surface area contributed by atoms with Crippen molar-refractivity contribution in [1.82, 2.24) is 0 Å². The number of aryl methyl sites for hydroxylation is 1. The van der Waals surface area contributed by atoms with Gasteiger partial charge in [0.05, 0.1) is 0 Å². The van der Waals surface area contributed by atoms with Gasteiger partial charge in [-0.3, -0.25) is 0 Å². The van der Waals surface area contributed by atoms with E-state index in [2.05, 4.69) is 34.6 Å². The molecule has 1 unspecified atom stereocenters. The average Bonchev–Trinajstić information content (AvgIpc) is 2.79. The van der Waals surface area contributed by atoms with Crippen LogP contribution in [-0.4, -0.2) is 21.8 Å². The van der Waals surface area contributed by atoms with Crippen molar-refractivity contribution in [1.29, 1.82) is 0 Å². The second-order valence-corrected chi connectivity index (χ2v) is 8.96. The van der Waals surface area contributed by atoms with Crippen LogP contribution in [-0.2, 0) is 11.8 Å². The van der Waals surface area contributed by atoms with Crippen molar-refractivity contribution < 1.29 is 19.7 Å². The lowest BCUT2D eigenvalue weighted by Crippen LogP contribution is -2.37. The van der Waals surface area contributed by atoms with Gasteiger partial charge in [0.2, 0.25) is 0 Å². The Bertz CT molecular complexity index is 721. The highest BCUT2D eigenvalue weighted by Crippen LogP contribution is 2.58. The third-order valence-corrected chi connectivity index (χ3v) is 7.04. The molecule has 4 nitrogen and oxygen atoms in total. The predicted molar refractivity (Wildman–Crippen MR) is 102 cm³/mol. The van der Waals surface area contributed by atoms with E-state index in [0.717, 1.165) is 32.1 Å². The van der Waals surface area contributed by atoms with Crippen molar-refractivity contribution in [2.45, 2.75) is 84.2 Å². The van der Waals surface area contributed by atoms with Crippen LogP contribution < -0.4 is 4.74 Å². The molecule has 0 radical (unpaired) electrons. The quantitative estimate of drug-likeness (QED) is 0.699. The van der Waals surface area contributed by atoms with Crippen LogP contribution in [0, 0.1) is 11.8 Å². The fraction of sp³-hybridized carbons (Fsp3) is 0.682. The van der Waals surface area contributed by atoms with Crippen LogP contribution in [0.25, 0.3) is 0 Å². The van der Waals surface area contributed by atoms with Gasteiger partial charge in [-0.25, -0.2) is 4.79 Å². The molecule has 2 bridgehead atoms. The minimum atomic E-state index is -1.05. The van der Waals surface area contributed by atoms with Crippen molar-refractivity contribution in [2.24, 2.45) is 11.8 Å². The number of carboxylic acids is 1. The lowest BCUT2D eigenvalue weighted by molar-refractivity contribution is 0.0477. The van der Waals surface area contributed by atoms with Gasteiger partial charge in [0.1, 0.15) is 22.7 Å². The number of fused-ring (bicyclic) bond motifs is 3. The SMILES string of the molecule is CCCCCc1cc2c(c(O)c1C(=O)O)C(C)(C)C1CC[C@@](C)(O2)[C@H]1C. The number of unbranched alkanes of at least 4 members (excludes halogenated alkanes) is 2. The van der Waals surface area contributed by atoms with Crippen molar-refractivity contribution >= 4 is 5.97 Å². The normalized spacial score (nSPS) is 29.0. The summed E-state index contributed by atoms with van der Waals surface area (Å²) in [5.74, 6) is 0.241. The molecule has 1 aromatic carbocycles. The molecule has 3 atom stereocenters. The van der Waals surface area contributed by atoms with E-state index in [1.54, 1.807) is 0 Å². The first-order chi connectivity index (χ1) is 12.1. The summed E-state index contributed by atoms with van der Waals surface area (Å²) in [4.78, 5) is 11.9. The highest BCUT2D eigenvalue weighted by molar-refractivity contribution is 5.94. The van der Waals surface area contributed by atoms with Crippen molar-refractivity contribution in [3.8, 4) is 11.5 Å². The van der Waals surface area contributed by atoms with Crippen molar-refractivity contribution in [2.75, 3.05) is 0 Å². The molecule has 1 aromatic rings. The Morgan fingerprint density at radius 1 is 1.31 bits per heavy atom. The Kier molecular flexibility index (Phi) is 4.74. The molecule has 0 spiro atoms. The molecule has 0 saturated heterocycles.